The molecule has 0 bridgehead atoms. The molecule has 23 heavy (non-hydrogen) atoms. The average molecular weight is 316 g/mol. The van der Waals surface area contributed by atoms with Crippen LogP contribution < -0.4 is 0 Å². The van der Waals surface area contributed by atoms with E-state index < -0.39 is 0 Å². The van der Waals surface area contributed by atoms with E-state index >= 15 is 0 Å². The Balaban J connectivity index is 2.09. The highest BCUT2D eigenvalue weighted by atomic mass is 16.2. The van der Waals surface area contributed by atoms with Gasteiger partial charge in [0.05, 0.1) is 0 Å². The normalized spacial score (nSPS) is 26.1. The fraction of sp³-hybridized carbons (Fsp3) is 0.667. The van der Waals surface area contributed by atoms with Crippen molar-refractivity contribution in [3.8, 4) is 0 Å². The number of amides is 1. The summed E-state index contributed by atoms with van der Waals surface area (Å²) in [6, 6.07) is 8.97. The maximum Gasteiger partial charge on any atom is 0.225 e. The van der Waals surface area contributed by atoms with E-state index in [9.17, 15) is 4.79 Å². The highest BCUT2D eigenvalue weighted by molar-refractivity contribution is 5.79. The third-order valence-corrected chi connectivity index (χ3v) is 5.50. The number of piperidine rings is 1. The van der Waals surface area contributed by atoms with Gasteiger partial charge in [0.1, 0.15) is 0 Å². The van der Waals surface area contributed by atoms with Crippen LogP contribution in [0.1, 0.15) is 64.0 Å². The molecule has 3 atom stereocenters. The van der Waals surface area contributed by atoms with Crippen molar-refractivity contribution in [2.75, 3.05) is 13.1 Å². The zero-order valence-electron chi connectivity index (χ0n) is 15.5. The zero-order valence-corrected chi connectivity index (χ0v) is 15.5. The first-order chi connectivity index (χ1) is 11.0. The van der Waals surface area contributed by atoms with Crippen LogP contribution in [0.25, 0.3) is 0 Å². The lowest BCUT2D eigenvalue weighted by Gasteiger charge is -2.43. The van der Waals surface area contributed by atoms with E-state index in [1.807, 2.05) is 0 Å². The largest absolute Gasteiger partial charge is 0.342 e. The molecule has 2 nitrogen and oxygen atoms in total. The summed E-state index contributed by atoms with van der Waals surface area (Å²) >= 11 is 0. The number of carbonyl (C=O) groups excluding carboxylic acids is 1. The summed E-state index contributed by atoms with van der Waals surface area (Å²) in [6.45, 7) is 12.9. The minimum Gasteiger partial charge on any atom is -0.342 e. The minimum atomic E-state index is 0.218. The maximum absolute atomic E-state index is 12.8. The molecule has 0 radical (unpaired) electrons. The number of benzene rings is 1. The molecule has 0 saturated carbocycles. The quantitative estimate of drug-likeness (QED) is 0.747. The summed E-state index contributed by atoms with van der Waals surface area (Å²) in [5.41, 5.74) is 2.75. The van der Waals surface area contributed by atoms with Crippen molar-refractivity contribution >= 4 is 5.91 Å². The molecule has 1 amide bonds. The van der Waals surface area contributed by atoms with Gasteiger partial charge in [-0.05, 0) is 43.1 Å². The predicted molar refractivity (Wildman–Crippen MR) is 97.5 cm³/mol. The number of carbonyl (C=O) groups is 1. The fourth-order valence-corrected chi connectivity index (χ4v) is 4.29. The second-order valence-corrected chi connectivity index (χ2v) is 7.53. The van der Waals surface area contributed by atoms with Crippen LogP contribution in [0.15, 0.2) is 24.3 Å². The molecular weight excluding hydrogens is 282 g/mol. The van der Waals surface area contributed by atoms with Gasteiger partial charge in [0.2, 0.25) is 5.91 Å². The average Bonchev–Trinajstić information content (AvgIpc) is 2.53. The SMILES string of the molecule is CCCC(CC)C(=O)N1CC(C)C(c2ccc(C)cc2)C(C)C1. The van der Waals surface area contributed by atoms with Gasteiger partial charge in [-0.15, -0.1) is 0 Å². The standard InChI is InChI=1S/C21H33NO/c1-6-8-18(7-2)21(23)22-13-16(4)20(17(5)14-22)19-11-9-15(3)10-12-19/h9-12,16-18,20H,6-8,13-14H2,1-5H3. The van der Waals surface area contributed by atoms with E-state index in [-0.39, 0.29) is 5.92 Å². The van der Waals surface area contributed by atoms with Gasteiger partial charge < -0.3 is 4.90 Å². The lowest BCUT2D eigenvalue weighted by molar-refractivity contribution is -0.139. The lowest BCUT2D eigenvalue weighted by atomic mass is 9.75. The van der Waals surface area contributed by atoms with Gasteiger partial charge in [-0.1, -0.05) is 63.9 Å². The van der Waals surface area contributed by atoms with E-state index in [0.717, 1.165) is 32.4 Å². The first-order valence-corrected chi connectivity index (χ1v) is 9.33. The van der Waals surface area contributed by atoms with Crippen LogP contribution in [0, 0.1) is 24.7 Å². The van der Waals surface area contributed by atoms with Gasteiger partial charge in [-0.2, -0.15) is 0 Å². The van der Waals surface area contributed by atoms with Crippen molar-refractivity contribution in [2.45, 2.75) is 59.8 Å². The van der Waals surface area contributed by atoms with Crippen molar-refractivity contribution in [3.63, 3.8) is 0 Å². The first-order valence-electron chi connectivity index (χ1n) is 9.33. The molecule has 2 heteroatoms. The van der Waals surface area contributed by atoms with Crippen LogP contribution in [-0.2, 0) is 4.79 Å². The Morgan fingerprint density at radius 1 is 1.13 bits per heavy atom. The highest BCUT2D eigenvalue weighted by Crippen LogP contribution is 2.37. The molecule has 128 valence electrons. The Labute approximate surface area is 142 Å². The molecule has 1 aromatic carbocycles. The summed E-state index contributed by atoms with van der Waals surface area (Å²) < 4.78 is 0. The van der Waals surface area contributed by atoms with E-state index in [1.165, 1.54) is 11.1 Å². The van der Waals surface area contributed by atoms with Crippen molar-refractivity contribution in [1.82, 2.24) is 4.90 Å². The summed E-state index contributed by atoms with van der Waals surface area (Å²) in [7, 11) is 0. The molecule has 1 saturated heterocycles. The van der Waals surface area contributed by atoms with Crippen LogP contribution in [-0.4, -0.2) is 23.9 Å². The zero-order chi connectivity index (χ0) is 17.0. The van der Waals surface area contributed by atoms with E-state index in [1.54, 1.807) is 0 Å². The fourth-order valence-electron chi connectivity index (χ4n) is 4.29. The Morgan fingerprint density at radius 3 is 2.17 bits per heavy atom. The second kappa shape index (κ2) is 7.99. The van der Waals surface area contributed by atoms with E-state index in [2.05, 4.69) is 63.8 Å². The van der Waals surface area contributed by atoms with Crippen molar-refractivity contribution < 1.29 is 4.79 Å². The lowest BCUT2D eigenvalue weighted by Crippen LogP contribution is -2.48. The molecule has 3 unspecified atom stereocenters. The number of aryl methyl sites for hydroxylation is 1. The van der Waals surface area contributed by atoms with Gasteiger partial charge in [0, 0.05) is 19.0 Å². The predicted octanol–water partition coefficient (Wildman–Crippen LogP) is 5.02. The summed E-state index contributed by atoms with van der Waals surface area (Å²) in [6.07, 6.45) is 3.08. The molecule has 0 spiro atoms. The Hall–Kier alpha value is -1.31. The number of rotatable bonds is 5. The molecule has 1 fully saturated rings. The van der Waals surface area contributed by atoms with Crippen molar-refractivity contribution in [3.05, 3.63) is 35.4 Å². The Morgan fingerprint density at radius 2 is 1.70 bits per heavy atom. The van der Waals surface area contributed by atoms with Gasteiger partial charge in [0.25, 0.3) is 0 Å². The topological polar surface area (TPSA) is 20.3 Å². The molecule has 1 aliphatic rings. The molecule has 1 aliphatic heterocycles. The third-order valence-electron chi connectivity index (χ3n) is 5.50. The van der Waals surface area contributed by atoms with Gasteiger partial charge in [0.15, 0.2) is 0 Å². The monoisotopic (exact) mass is 315 g/mol. The Bertz CT molecular complexity index is 495. The van der Waals surface area contributed by atoms with Gasteiger partial charge in [-0.3, -0.25) is 4.79 Å². The van der Waals surface area contributed by atoms with Crippen LogP contribution in [0.2, 0.25) is 0 Å². The molecule has 0 aliphatic carbocycles. The third kappa shape index (κ3) is 4.16. The number of hydrogen-bond acceptors (Lipinski definition) is 1. The summed E-state index contributed by atoms with van der Waals surface area (Å²) in [4.78, 5) is 15.0. The highest BCUT2D eigenvalue weighted by Gasteiger charge is 2.36. The molecule has 0 aromatic heterocycles. The van der Waals surface area contributed by atoms with E-state index in [4.69, 9.17) is 0 Å². The van der Waals surface area contributed by atoms with E-state index in [0.29, 0.717) is 23.7 Å². The van der Waals surface area contributed by atoms with Gasteiger partial charge in [-0.25, -0.2) is 0 Å². The number of likely N-dealkylation sites (tertiary alicyclic amines) is 1. The molecule has 2 rings (SSSR count). The Kier molecular flexibility index (Phi) is 6.26. The van der Waals surface area contributed by atoms with Crippen molar-refractivity contribution in [1.29, 1.82) is 0 Å². The van der Waals surface area contributed by atoms with Crippen molar-refractivity contribution in [2.24, 2.45) is 17.8 Å². The minimum absolute atomic E-state index is 0.218. The smallest absolute Gasteiger partial charge is 0.225 e. The van der Waals surface area contributed by atoms with Crippen LogP contribution in [0.3, 0.4) is 0 Å². The van der Waals surface area contributed by atoms with Crippen LogP contribution >= 0.6 is 0 Å². The first kappa shape index (κ1) is 18.0. The summed E-state index contributed by atoms with van der Waals surface area (Å²) in [5.74, 6) is 2.20. The van der Waals surface area contributed by atoms with Crippen LogP contribution in [0.5, 0.6) is 0 Å². The molecule has 0 N–H and O–H groups in total. The molecular formula is C21H33NO. The van der Waals surface area contributed by atoms with Gasteiger partial charge >= 0.3 is 0 Å². The summed E-state index contributed by atoms with van der Waals surface area (Å²) in [5, 5.41) is 0. The molecule has 1 aromatic rings. The molecule has 1 heterocycles. The van der Waals surface area contributed by atoms with Crippen LogP contribution in [0.4, 0.5) is 0 Å². The second-order valence-electron chi connectivity index (χ2n) is 7.53. The maximum atomic E-state index is 12.8. The number of nitrogens with zero attached hydrogens (tertiary/aromatic N) is 1. The number of hydrogen-bond donors (Lipinski definition) is 0.